The summed E-state index contributed by atoms with van der Waals surface area (Å²) < 4.78 is 10.5. The maximum atomic E-state index is 12.2. The Balaban J connectivity index is 1.77. The average molecular weight is 403 g/mol. The third-order valence-electron chi connectivity index (χ3n) is 4.07. The number of carbonyl (C=O) groups excluding carboxylic acids is 2. The fraction of sp³-hybridized carbons (Fsp3) is 0.333. The predicted molar refractivity (Wildman–Crippen MR) is 113 cm³/mol. The van der Waals surface area contributed by atoms with E-state index in [2.05, 4.69) is 10.6 Å². The Morgan fingerprint density at radius 2 is 1.68 bits per heavy atom. The van der Waals surface area contributed by atoms with Gasteiger partial charge in [-0.1, -0.05) is 17.7 Å². The maximum absolute atomic E-state index is 12.2. The lowest BCUT2D eigenvalue weighted by atomic mass is 10.0. The van der Waals surface area contributed by atoms with Gasteiger partial charge in [0.25, 0.3) is 0 Å². The van der Waals surface area contributed by atoms with Crippen LogP contribution in [0.3, 0.4) is 0 Å². The molecule has 0 spiro atoms. The first-order valence-electron chi connectivity index (χ1n) is 8.88. The summed E-state index contributed by atoms with van der Waals surface area (Å²) in [5.74, 6) is 1.58. The second kappa shape index (κ2) is 10.6. The van der Waals surface area contributed by atoms with Crippen LogP contribution in [-0.4, -0.2) is 37.5 Å². The van der Waals surface area contributed by atoms with Crippen molar-refractivity contribution in [3.63, 3.8) is 0 Å². The van der Waals surface area contributed by atoms with Crippen LogP contribution in [0.25, 0.3) is 0 Å². The number of carbonyl (C=O) groups is 2. The molecule has 0 fully saturated rings. The minimum Gasteiger partial charge on any atom is -0.497 e. The topological polar surface area (TPSA) is 76.7 Å². The van der Waals surface area contributed by atoms with Gasteiger partial charge < -0.3 is 20.1 Å². The molecule has 0 aliphatic carbocycles. The molecule has 0 aliphatic heterocycles. The first-order chi connectivity index (χ1) is 13.4. The number of anilines is 1. The highest BCUT2D eigenvalue weighted by Gasteiger charge is 2.15. The predicted octanol–water partition coefficient (Wildman–Crippen LogP) is 3.56. The van der Waals surface area contributed by atoms with Crippen molar-refractivity contribution < 1.29 is 19.1 Å². The second-order valence-corrected chi connectivity index (χ2v) is 7.29. The van der Waals surface area contributed by atoms with E-state index >= 15 is 0 Å². The van der Waals surface area contributed by atoms with Crippen LogP contribution >= 0.6 is 11.8 Å². The molecule has 0 saturated heterocycles. The molecule has 150 valence electrons. The smallest absolute Gasteiger partial charge is 0.234 e. The van der Waals surface area contributed by atoms with Crippen molar-refractivity contribution in [2.45, 2.75) is 19.9 Å². The Morgan fingerprint density at radius 3 is 2.32 bits per heavy atom. The normalized spacial score (nSPS) is 11.4. The highest BCUT2D eigenvalue weighted by atomic mass is 32.2. The van der Waals surface area contributed by atoms with Crippen molar-refractivity contribution in [2.75, 3.05) is 31.0 Å². The molecule has 0 saturated carbocycles. The first kappa shape index (κ1) is 21.6. The zero-order valence-electron chi connectivity index (χ0n) is 16.6. The van der Waals surface area contributed by atoms with Crippen LogP contribution in [0, 0.1) is 6.92 Å². The van der Waals surface area contributed by atoms with Crippen molar-refractivity contribution in [3.8, 4) is 11.5 Å². The highest BCUT2D eigenvalue weighted by Crippen LogP contribution is 2.26. The van der Waals surface area contributed by atoms with E-state index in [1.807, 2.05) is 32.0 Å². The minimum absolute atomic E-state index is 0.127. The number of methoxy groups -OCH3 is 2. The Hall–Kier alpha value is -2.67. The van der Waals surface area contributed by atoms with Crippen LogP contribution in [0.2, 0.25) is 0 Å². The van der Waals surface area contributed by atoms with Crippen LogP contribution in [0.5, 0.6) is 11.5 Å². The van der Waals surface area contributed by atoms with Gasteiger partial charge in [0.2, 0.25) is 11.8 Å². The molecule has 0 radical (unpaired) electrons. The van der Waals surface area contributed by atoms with Crippen LogP contribution in [0.15, 0.2) is 42.5 Å². The maximum Gasteiger partial charge on any atom is 0.234 e. The summed E-state index contributed by atoms with van der Waals surface area (Å²) >= 11 is 1.27. The third kappa shape index (κ3) is 6.49. The summed E-state index contributed by atoms with van der Waals surface area (Å²) in [6.45, 7) is 3.91. The minimum atomic E-state index is -0.184. The van der Waals surface area contributed by atoms with Crippen LogP contribution in [-0.2, 0) is 9.59 Å². The van der Waals surface area contributed by atoms with E-state index in [1.54, 1.807) is 38.5 Å². The molecule has 2 amide bonds. The molecular weight excluding hydrogens is 376 g/mol. The molecule has 0 heterocycles. The molecule has 0 aromatic heterocycles. The molecule has 7 heteroatoms. The van der Waals surface area contributed by atoms with Gasteiger partial charge in [0.15, 0.2) is 0 Å². The molecule has 2 N–H and O–H groups in total. The lowest BCUT2D eigenvalue weighted by Gasteiger charge is -2.18. The lowest BCUT2D eigenvalue weighted by molar-refractivity contribution is -0.119. The fourth-order valence-electron chi connectivity index (χ4n) is 2.66. The lowest BCUT2D eigenvalue weighted by Crippen LogP contribution is -2.29. The molecule has 6 nitrogen and oxygen atoms in total. The molecule has 2 aromatic rings. The molecule has 2 rings (SSSR count). The molecule has 0 bridgehead atoms. The molecule has 0 aliphatic rings. The van der Waals surface area contributed by atoms with Crippen LogP contribution in [0.4, 0.5) is 5.69 Å². The summed E-state index contributed by atoms with van der Waals surface area (Å²) in [6, 6.07) is 12.8. The Bertz CT molecular complexity index is 809. The van der Waals surface area contributed by atoms with Crippen molar-refractivity contribution in [3.05, 3.63) is 53.6 Å². The summed E-state index contributed by atoms with van der Waals surface area (Å²) in [5, 5.41) is 5.74. The number of thioether (sulfide) groups is 1. The first-order valence-corrected chi connectivity index (χ1v) is 10.0. The van der Waals surface area contributed by atoms with E-state index < -0.39 is 0 Å². The Labute approximate surface area is 170 Å². The van der Waals surface area contributed by atoms with E-state index in [0.717, 1.165) is 22.6 Å². The van der Waals surface area contributed by atoms with Gasteiger partial charge in [0, 0.05) is 11.3 Å². The van der Waals surface area contributed by atoms with Gasteiger partial charge in [-0.15, -0.1) is 11.8 Å². The number of aryl methyl sites for hydroxylation is 1. The van der Waals surface area contributed by atoms with E-state index in [0.29, 0.717) is 5.69 Å². The second-order valence-electron chi connectivity index (χ2n) is 6.30. The van der Waals surface area contributed by atoms with E-state index in [1.165, 1.54) is 11.8 Å². The van der Waals surface area contributed by atoms with E-state index in [9.17, 15) is 9.59 Å². The van der Waals surface area contributed by atoms with Gasteiger partial charge in [0.05, 0.1) is 31.8 Å². The molecule has 1 atom stereocenters. The van der Waals surface area contributed by atoms with Crippen LogP contribution in [0.1, 0.15) is 24.1 Å². The van der Waals surface area contributed by atoms with Crippen molar-refractivity contribution in [1.82, 2.24) is 5.32 Å². The number of hydrogen-bond acceptors (Lipinski definition) is 5. The third-order valence-corrected chi connectivity index (χ3v) is 5.00. The zero-order chi connectivity index (χ0) is 20.5. The summed E-state index contributed by atoms with van der Waals surface area (Å²) in [6.07, 6.45) is 0. The van der Waals surface area contributed by atoms with E-state index in [4.69, 9.17) is 9.47 Å². The van der Waals surface area contributed by atoms with Crippen molar-refractivity contribution in [1.29, 1.82) is 0 Å². The van der Waals surface area contributed by atoms with Crippen molar-refractivity contribution >= 4 is 29.3 Å². The molecule has 2 aromatic carbocycles. The number of nitrogens with one attached hydrogen (secondary N) is 2. The Kier molecular flexibility index (Phi) is 8.19. The summed E-state index contributed by atoms with van der Waals surface area (Å²) in [4.78, 5) is 24.2. The van der Waals surface area contributed by atoms with Gasteiger partial charge >= 0.3 is 0 Å². The quantitative estimate of drug-likeness (QED) is 0.671. The van der Waals surface area contributed by atoms with Crippen molar-refractivity contribution in [2.24, 2.45) is 0 Å². The highest BCUT2D eigenvalue weighted by molar-refractivity contribution is 8.00. The van der Waals surface area contributed by atoms with Gasteiger partial charge in [-0.05, 0) is 44.2 Å². The number of hydrogen-bond donors (Lipinski definition) is 2. The van der Waals surface area contributed by atoms with E-state index in [-0.39, 0.29) is 29.4 Å². The zero-order valence-corrected chi connectivity index (χ0v) is 17.4. The monoisotopic (exact) mass is 402 g/mol. The molecule has 0 unspecified atom stereocenters. The molecular formula is C21H26N2O4S. The van der Waals surface area contributed by atoms with Crippen LogP contribution < -0.4 is 20.1 Å². The fourth-order valence-corrected chi connectivity index (χ4v) is 3.29. The van der Waals surface area contributed by atoms with Gasteiger partial charge in [-0.25, -0.2) is 0 Å². The summed E-state index contributed by atoms with van der Waals surface area (Å²) in [5.41, 5.74) is 2.72. The van der Waals surface area contributed by atoms with Gasteiger partial charge in [-0.3, -0.25) is 9.59 Å². The average Bonchev–Trinajstić information content (AvgIpc) is 2.68. The number of ether oxygens (including phenoxy) is 2. The standard InChI is InChI=1S/C21H26N2O4S/c1-14-5-10-19(27-4)18(11-14)15(2)22-20(24)12-28-13-21(25)23-16-6-8-17(26-3)9-7-16/h5-11,15H,12-13H2,1-4H3,(H,22,24)(H,23,25)/t15-/m0/s1. The SMILES string of the molecule is COc1ccc(NC(=O)CSCC(=O)N[C@@H](C)c2cc(C)ccc2OC)cc1. The number of benzene rings is 2. The number of rotatable bonds is 9. The molecule has 28 heavy (non-hydrogen) atoms. The van der Waals surface area contributed by atoms with Gasteiger partial charge in [-0.2, -0.15) is 0 Å². The number of amides is 2. The summed E-state index contributed by atoms with van der Waals surface area (Å²) in [7, 11) is 3.20. The Morgan fingerprint density at radius 1 is 1.00 bits per heavy atom. The largest absolute Gasteiger partial charge is 0.497 e. The van der Waals surface area contributed by atoms with Gasteiger partial charge in [0.1, 0.15) is 11.5 Å².